The molecule has 0 saturated carbocycles. The van der Waals surface area contributed by atoms with Gasteiger partial charge in [-0.2, -0.15) is 0 Å². The average molecular weight is 391 g/mol. The van der Waals surface area contributed by atoms with Crippen LogP contribution in [0.5, 0.6) is 0 Å². The zero-order chi connectivity index (χ0) is 18.3. The Labute approximate surface area is 157 Å². The number of para-hydroxylation sites is 1. The Hall–Kier alpha value is -2.58. The van der Waals surface area contributed by atoms with Crippen LogP contribution in [0.3, 0.4) is 0 Å². The zero-order valence-electron chi connectivity index (χ0n) is 13.6. The zero-order valence-corrected chi connectivity index (χ0v) is 15.2. The number of pyridine rings is 1. The molecule has 1 fully saturated rings. The minimum Gasteiger partial charge on any atom is -0.477 e. The number of thiazole rings is 1. The number of fused-ring (bicyclic) bond motifs is 1. The van der Waals surface area contributed by atoms with Gasteiger partial charge in [-0.3, -0.25) is 4.79 Å². The maximum Gasteiger partial charge on any atom is 0.341 e. The van der Waals surface area contributed by atoms with Crippen LogP contribution >= 0.6 is 22.9 Å². The summed E-state index contributed by atoms with van der Waals surface area (Å²) >= 11 is 7.50. The molecule has 0 atom stereocenters. The highest BCUT2D eigenvalue weighted by molar-refractivity contribution is 7.22. The molecule has 0 amide bonds. The number of hydrogen-bond acceptors (Lipinski definition) is 6. The number of H-pyrrole nitrogens is 1. The number of anilines is 2. The molecule has 134 valence electrons. The van der Waals surface area contributed by atoms with E-state index >= 15 is 0 Å². The molecule has 3 heterocycles. The summed E-state index contributed by atoms with van der Waals surface area (Å²) in [6.45, 7) is 3.05. The minimum atomic E-state index is -1.24. The first-order chi connectivity index (χ1) is 12.5. The number of hydrogen-bond donors (Lipinski definition) is 2. The Balaban J connectivity index is 1.56. The number of carboxylic acids is 1. The number of carbonyl (C=O) groups is 1. The summed E-state index contributed by atoms with van der Waals surface area (Å²) in [5.74, 6) is -1.24. The number of carboxylic acid groups (broad SMARTS) is 1. The highest BCUT2D eigenvalue weighted by atomic mass is 35.5. The van der Waals surface area contributed by atoms with Gasteiger partial charge >= 0.3 is 5.97 Å². The summed E-state index contributed by atoms with van der Waals surface area (Å²) in [5.41, 5.74) is 0.675. The molecule has 0 bridgehead atoms. The van der Waals surface area contributed by atoms with Gasteiger partial charge in [0.2, 0.25) is 5.43 Å². The molecule has 0 unspecified atom stereocenters. The number of benzene rings is 1. The van der Waals surface area contributed by atoms with E-state index in [1.165, 1.54) is 17.5 Å². The summed E-state index contributed by atoms with van der Waals surface area (Å²) in [6.07, 6.45) is 1.20. The van der Waals surface area contributed by atoms with E-state index in [9.17, 15) is 9.59 Å². The number of rotatable bonds is 3. The van der Waals surface area contributed by atoms with Crippen molar-refractivity contribution in [1.29, 1.82) is 0 Å². The summed E-state index contributed by atoms with van der Waals surface area (Å²) < 4.78 is 0.341. The van der Waals surface area contributed by atoms with Crippen molar-refractivity contribution in [2.24, 2.45) is 0 Å². The summed E-state index contributed by atoms with van der Waals surface area (Å²) in [5, 5.41) is 10.5. The Morgan fingerprint density at radius 1 is 1.19 bits per heavy atom. The molecule has 9 heteroatoms. The molecule has 2 N–H and O–H groups in total. The Morgan fingerprint density at radius 2 is 1.88 bits per heavy atom. The third kappa shape index (κ3) is 2.91. The van der Waals surface area contributed by atoms with Crippen molar-refractivity contribution in [3.63, 3.8) is 0 Å². The smallest absolute Gasteiger partial charge is 0.341 e. The van der Waals surface area contributed by atoms with Gasteiger partial charge in [0.1, 0.15) is 10.3 Å². The van der Waals surface area contributed by atoms with E-state index in [4.69, 9.17) is 16.7 Å². The summed E-state index contributed by atoms with van der Waals surface area (Å²) in [6, 6.07) is 7.75. The van der Waals surface area contributed by atoms with E-state index in [0.717, 1.165) is 42.0 Å². The van der Waals surface area contributed by atoms with Crippen molar-refractivity contribution >= 4 is 50.1 Å². The monoisotopic (exact) mass is 390 g/mol. The highest BCUT2D eigenvalue weighted by Gasteiger charge is 2.23. The molecule has 2 aromatic heterocycles. The van der Waals surface area contributed by atoms with Crippen LogP contribution in [0.4, 0.5) is 10.8 Å². The standard InChI is InChI=1S/C17H15ClN4O3S/c18-11-3-1-2-4-12(11)21-5-7-22(8-6-21)17-20-15-14(26-17)13(23)10(9-19-15)16(24)25/h1-4,9H,5-8H2,(H,19,23)(H,24,25). The lowest BCUT2D eigenvalue weighted by Gasteiger charge is -2.36. The molecule has 1 aromatic carbocycles. The number of piperazine rings is 1. The van der Waals surface area contributed by atoms with Crippen molar-refractivity contribution in [2.75, 3.05) is 36.0 Å². The predicted octanol–water partition coefficient (Wildman–Crippen LogP) is 2.66. The Morgan fingerprint density at radius 3 is 2.58 bits per heavy atom. The SMILES string of the molecule is O=C(O)c1c[nH]c2nc(N3CCN(c4ccccc4Cl)CC3)sc2c1=O. The van der Waals surface area contributed by atoms with Crippen LogP contribution in [0.25, 0.3) is 10.3 Å². The van der Waals surface area contributed by atoms with Crippen LogP contribution in [0.1, 0.15) is 10.4 Å². The number of nitrogens with one attached hydrogen (secondary N) is 1. The summed E-state index contributed by atoms with van der Waals surface area (Å²) in [4.78, 5) is 35.0. The quantitative estimate of drug-likeness (QED) is 0.714. The minimum absolute atomic E-state index is 0.267. The van der Waals surface area contributed by atoms with Crippen LogP contribution in [0.2, 0.25) is 5.02 Å². The molecule has 1 aliphatic rings. The van der Waals surface area contributed by atoms with Gasteiger partial charge in [-0.05, 0) is 12.1 Å². The normalized spacial score (nSPS) is 14.8. The molecule has 1 aliphatic heterocycles. The van der Waals surface area contributed by atoms with Gasteiger partial charge in [0.05, 0.1) is 10.7 Å². The van der Waals surface area contributed by atoms with Crippen LogP contribution in [-0.4, -0.2) is 47.2 Å². The second-order valence-electron chi connectivity index (χ2n) is 5.94. The van der Waals surface area contributed by atoms with Crippen LogP contribution in [0.15, 0.2) is 35.3 Å². The fourth-order valence-electron chi connectivity index (χ4n) is 3.03. The Bertz CT molecular complexity index is 1040. The van der Waals surface area contributed by atoms with Crippen molar-refractivity contribution in [1.82, 2.24) is 9.97 Å². The van der Waals surface area contributed by atoms with Crippen molar-refractivity contribution in [2.45, 2.75) is 0 Å². The highest BCUT2D eigenvalue weighted by Crippen LogP contribution is 2.29. The average Bonchev–Trinajstić information content (AvgIpc) is 3.07. The summed E-state index contributed by atoms with van der Waals surface area (Å²) in [7, 11) is 0. The fraction of sp³-hybridized carbons (Fsp3) is 0.235. The van der Waals surface area contributed by atoms with E-state index in [-0.39, 0.29) is 5.56 Å². The van der Waals surface area contributed by atoms with E-state index in [1.807, 2.05) is 24.3 Å². The van der Waals surface area contributed by atoms with Gasteiger partial charge in [0.15, 0.2) is 10.8 Å². The molecule has 0 aliphatic carbocycles. The molecule has 1 saturated heterocycles. The van der Waals surface area contributed by atoms with E-state index in [2.05, 4.69) is 19.8 Å². The lowest BCUT2D eigenvalue weighted by atomic mass is 10.2. The van der Waals surface area contributed by atoms with E-state index < -0.39 is 11.4 Å². The van der Waals surface area contributed by atoms with Gasteiger partial charge in [0.25, 0.3) is 0 Å². The molecule has 7 nitrogen and oxygen atoms in total. The Kier molecular flexibility index (Phi) is 4.29. The number of aromatic amines is 1. The first-order valence-electron chi connectivity index (χ1n) is 8.04. The van der Waals surface area contributed by atoms with Crippen LogP contribution < -0.4 is 15.2 Å². The molecule has 3 aromatic rings. The van der Waals surface area contributed by atoms with Crippen molar-refractivity contribution < 1.29 is 9.90 Å². The second kappa shape index (κ2) is 6.62. The van der Waals surface area contributed by atoms with Crippen molar-refractivity contribution in [3.8, 4) is 0 Å². The lowest BCUT2D eigenvalue weighted by molar-refractivity contribution is 0.0695. The molecular formula is C17H15ClN4O3S. The van der Waals surface area contributed by atoms with Crippen LogP contribution in [0, 0.1) is 0 Å². The maximum absolute atomic E-state index is 12.3. The third-order valence-electron chi connectivity index (χ3n) is 4.39. The molecular weight excluding hydrogens is 376 g/mol. The van der Waals surface area contributed by atoms with Crippen molar-refractivity contribution in [3.05, 3.63) is 51.3 Å². The lowest BCUT2D eigenvalue weighted by Crippen LogP contribution is -2.46. The topological polar surface area (TPSA) is 89.5 Å². The first kappa shape index (κ1) is 16.9. The first-order valence-corrected chi connectivity index (χ1v) is 9.24. The second-order valence-corrected chi connectivity index (χ2v) is 7.32. The van der Waals surface area contributed by atoms with E-state index in [0.29, 0.717) is 10.3 Å². The third-order valence-corrected chi connectivity index (χ3v) is 5.83. The molecule has 26 heavy (non-hydrogen) atoms. The fourth-order valence-corrected chi connectivity index (χ4v) is 4.32. The van der Waals surface area contributed by atoms with Gasteiger partial charge in [-0.15, -0.1) is 0 Å². The maximum atomic E-state index is 12.3. The number of aromatic nitrogens is 2. The number of nitrogens with zero attached hydrogens (tertiary/aromatic N) is 3. The largest absolute Gasteiger partial charge is 0.477 e. The van der Waals surface area contributed by atoms with Gasteiger partial charge in [-0.1, -0.05) is 35.1 Å². The number of aromatic carboxylic acids is 1. The predicted molar refractivity (Wildman–Crippen MR) is 103 cm³/mol. The molecule has 0 spiro atoms. The van der Waals surface area contributed by atoms with E-state index in [1.54, 1.807) is 0 Å². The molecule has 0 radical (unpaired) electrons. The van der Waals surface area contributed by atoms with Gasteiger partial charge < -0.3 is 19.9 Å². The van der Waals surface area contributed by atoms with Crippen LogP contribution in [-0.2, 0) is 0 Å². The number of halogens is 1. The van der Waals surface area contributed by atoms with Gasteiger partial charge in [-0.25, -0.2) is 9.78 Å². The van der Waals surface area contributed by atoms with Gasteiger partial charge in [0, 0.05) is 32.4 Å². The molecule has 4 rings (SSSR count).